The quantitative estimate of drug-likeness (QED) is 0.180. The Balaban J connectivity index is 1.63. The van der Waals surface area contributed by atoms with Gasteiger partial charge >= 0.3 is 5.97 Å². The molecule has 0 bridgehead atoms. The van der Waals surface area contributed by atoms with Crippen LogP contribution in [0.4, 0.5) is 0 Å². The maximum absolute atomic E-state index is 12.6. The lowest BCUT2D eigenvalue weighted by Crippen LogP contribution is -2.13. The van der Waals surface area contributed by atoms with Crippen molar-refractivity contribution in [2.45, 2.75) is 0 Å². The molecule has 0 fully saturated rings. The molecule has 2 aromatic carbocycles. The molecule has 0 saturated heterocycles. The number of ketones is 1. The predicted molar refractivity (Wildman–Crippen MR) is 126 cm³/mol. The lowest BCUT2D eigenvalue weighted by Gasteiger charge is -2.06. The Morgan fingerprint density at radius 2 is 1.33 bits per heavy atom. The fourth-order valence-corrected chi connectivity index (χ4v) is 2.71. The molecule has 0 heterocycles. The van der Waals surface area contributed by atoms with Crippen LogP contribution in [0.25, 0.3) is 11.6 Å². The van der Waals surface area contributed by atoms with Gasteiger partial charge in [0.15, 0.2) is 5.78 Å². The van der Waals surface area contributed by atoms with Crippen molar-refractivity contribution in [1.82, 2.24) is 0 Å². The zero-order valence-electron chi connectivity index (χ0n) is 18.6. The average Bonchev–Trinajstić information content (AvgIpc) is 2.86. The van der Waals surface area contributed by atoms with Gasteiger partial charge in [0.05, 0.1) is 46.2 Å². The Morgan fingerprint density at radius 1 is 0.758 bits per heavy atom. The monoisotopic (exact) mass is 454 g/mol. The summed E-state index contributed by atoms with van der Waals surface area (Å²) in [4.78, 5) is 24.4. The number of hydrogen-bond acceptors (Lipinski definition) is 7. The summed E-state index contributed by atoms with van der Waals surface area (Å²) in [6.45, 7) is 6.25. The molecule has 7 heteroatoms. The summed E-state index contributed by atoms with van der Waals surface area (Å²) in [5.74, 6) is -0.620. The van der Waals surface area contributed by atoms with Crippen molar-refractivity contribution in [2.24, 2.45) is 0 Å². The molecule has 0 saturated carbocycles. The lowest BCUT2D eigenvalue weighted by atomic mass is 9.97. The Labute approximate surface area is 194 Å². The summed E-state index contributed by atoms with van der Waals surface area (Å²) in [6.07, 6.45) is 2.95. The van der Waals surface area contributed by atoms with Gasteiger partial charge in [0.25, 0.3) is 0 Å². The van der Waals surface area contributed by atoms with Crippen LogP contribution in [0.3, 0.4) is 0 Å². The Hall–Kier alpha value is -3.10. The molecule has 0 aliphatic rings. The van der Waals surface area contributed by atoms with E-state index in [1.807, 2.05) is 30.3 Å². The Morgan fingerprint density at radius 3 is 1.94 bits per heavy atom. The van der Waals surface area contributed by atoms with Gasteiger partial charge in [-0.1, -0.05) is 61.2 Å². The van der Waals surface area contributed by atoms with Crippen molar-refractivity contribution in [2.75, 3.05) is 52.9 Å². The summed E-state index contributed by atoms with van der Waals surface area (Å²) in [5.41, 5.74) is 2.52. The molecule has 0 atom stereocenters. The molecule has 33 heavy (non-hydrogen) atoms. The molecule has 2 aromatic rings. The molecule has 1 N–H and O–H groups in total. The summed E-state index contributed by atoms with van der Waals surface area (Å²) in [6, 6.07) is 16.2. The van der Waals surface area contributed by atoms with Crippen LogP contribution in [0, 0.1) is 0 Å². The van der Waals surface area contributed by atoms with Crippen LogP contribution < -0.4 is 0 Å². The van der Waals surface area contributed by atoms with Crippen LogP contribution in [0.5, 0.6) is 0 Å². The first-order valence-corrected chi connectivity index (χ1v) is 10.7. The molecule has 176 valence electrons. The van der Waals surface area contributed by atoms with Crippen LogP contribution in [0.15, 0.2) is 67.3 Å². The minimum atomic E-state index is -0.478. The molecule has 0 aliphatic heterocycles. The number of carbonyl (C=O) groups is 2. The van der Waals surface area contributed by atoms with Crippen molar-refractivity contribution in [3.63, 3.8) is 0 Å². The first kappa shape index (κ1) is 26.2. The minimum Gasteiger partial charge on any atom is -0.460 e. The van der Waals surface area contributed by atoms with E-state index in [4.69, 9.17) is 24.1 Å². The van der Waals surface area contributed by atoms with E-state index in [1.54, 1.807) is 30.3 Å². The van der Waals surface area contributed by atoms with Gasteiger partial charge in [-0.15, -0.1) is 0 Å². The van der Waals surface area contributed by atoms with Gasteiger partial charge in [-0.05, 0) is 17.2 Å². The second kappa shape index (κ2) is 15.7. The fraction of sp³-hybridized carbons (Fsp3) is 0.308. The van der Waals surface area contributed by atoms with Gasteiger partial charge in [-0.2, -0.15) is 0 Å². The SMILES string of the molecule is C=C(C(=O)c1ccc(C=CC(=O)OCCOCCOCCOCCO)cc1)c1ccccc1. The van der Waals surface area contributed by atoms with Crippen molar-refractivity contribution in [3.05, 3.63) is 83.9 Å². The number of aliphatic hydroxyl groups excluding tert-OH is 1. The number of ether oxygens (including phenoxy) is 4. The van der Waals surface area contributed by atoms with Crippen LogP contribution in [0.2, 0.25) is 0 Å². The summed E-state index contributed by atoms with van der Waals surface area (Å²) in [5, 5.41) is 8.56. The summed E-state index contributed by atoms with van der Waals surface area (Å²) >= 11 is 0. The molecule has 0 amide bonds. The molecule has 0 unspecified atom stereocenters. The van der Waals surface area contributed by atoms with Crippen LogP contribution in [-0.4, -0.2) is 69.7 Å². The molecule has 0 aromatic heterocycles. The number of allylic oxidation sites excluding steroid dienone is 1. The highest BCUT2D eigenvalue weighted by atomic mass is 16.6. The van der Waals surface area contributed by atoms with Crippen molar-refractivity contribution < 1.29 is 33.6 Å². The first-order chi connectivity index (χ1) is 16.1. The fourth-order valence-electron chi connectivity index (χ4n) is 2.71. The van der Waals surface area contributed by atoms with E-state index >= 15 is 0 Å². The Bertz CT molecular complexity index is 889. The van der Waals surface area contributed by atoms with Gasteiger partial charge < -0.3 is 24.1 Å². The second-order valence-corrected chi connectivity index (χ2v) is 6.86. The maximum atomic E-state index is 12.6. The number of esters is 1. The molecule has 2 rings (SSSR count). The smallest absolute Gasteiger partial charge is 0.330 e. The lowest BCUT2D eigenvalue weighted by molar-refractivity contribution is -0.139. The van der Waals surface area contributed by atoms with E-state index in [2.05, 4.69) is 6.58 Å². The number of Topliss-reactive ketones (excluding diaryl/α,β-unsaturated/α-hetero) is 1. The van der Waals surface area contributed by atoms with Gasteiger partial charge in [0.2, 0.25) is 0 Å². The highest BCUT2D eigenvalue weighted by Gasteiger charge is 2.11. The zero-order valence-corrected chi connectivity index (χ0v) is 18.6. The van der Waals surface area contributed by atoms with Crippen LogP contribution >= 0.6 is 0 Å². The third-order valence-corrected chi connectivity index (χ3v) is 4.43. The van der Waals surface area contributed by atoms with Crippen LogP contribution in [-0.2, 0) is 23.7 Å². The Kier molecular flexibility index (Phi) is 12.4. The molecular weight excluding hydrogens is 424 g/mol. The van der Waals surface area contributed by atoms with Crippen molar-refractivity contribution >= 4 is 23.4 Å². The van der Waals surface area contributed by atoms with E-state index in [0.29, 0.717) is 44.2 Å². The van der Waals surface area contributed by atoms with E-state index in [0.717, 1.165) is 11.1 Å². The first-order valence-electron chi connectivity index (χ1n) is 10.7. The molecule has 0 spiro atoms. The zero-order chi connectivity index (χ0) is 23.7. The van der Waals surface area contributed by atoms with Crippen LogP contribution in [0.1, 0.15) is 21.5 Å². The third kappa shape index (κ3) is 10.4. The topological polar surface area (TPSA) is 91.3 Å². The number of aliphatic hydroxyl groups is 1. The molecule has 0 aliphatic carbocycles. The summed E-state index contributed by atoms with van der Waals surface area (Å²) in [7, 11) is 0. The van der Waals surface area contributed by atoms with E-state index < -0.39 is 5.97 Å². The normalized spacial score (nSPS) is 10.9. The highest BCUT2D eigenvalue weighted by molar-refractivity contribution is 6.28. The molecule has 7 nitrogen and oxygen atoms in total. The number of benzene rings is 2. The van der Waals surface area contributed by atoms with Gasteiger partial charge in [-0.25, -0.2) is 4.79 Å². The standard InChI is InChI=1S/C26H30O7/c1-21(23-5-3-2-4-6-23)26(29)24-10-7-22(8-11-24)9-12-25(28)33-20-19-32-18-17-31-16-15-30-14-13-27/h2-12,27H,1,13-20H2. The van der Waals surface area contributed by atoms with E-state index in [9.17, 15) is 9.59 Å². The van der Waals surface area contributed by atoms with Crippen molar-refractivity contribution in [3.8, 4) is 0 Å². The van der Waals surface area contributed by atoms with E-state index in [1.165, 1.54) is 6.08 Å². The van der Waals surface area contributed by atoms with Gasteiger partial charge in [0, 0.05) is 17.2 Å². The highest BCUT2D eigenvalue weighted by Crippen LogP contribution is 2.18. The maximum Gasteiger partial charge on any atom is 0.330 e. The number of rotatable bonds is 16. The minimum absolute atomic E-state index is 0.00397. The largest absolute Gasteiger partial charge is 0.460 e. The second-order valence-electron chi connectivity index (χ2n) is 6.86. The van der Waals surface area contributed by atoms with E-state index in [-0.39, 0.29) is 25.6 Å². The summed E-state index contributed by atoms with van der Waals surface area (Å²) < 4.78 is 20.7. The third-order valence-electron chi connectivity index (χ3n) is 4.43. The molecule has 0 radical (unpaired) electrons. The number of carbonyl (C=O) groups excluding carboxylic acids is 2. The predicted octanol–water partition coefficient (Wildman–Crippen LogP) is 3.18. The number of hydrogen-bond donors (Lipinski definition) is 1. The average molecular weight is 455 g/mol. The molecular formula is C26H30O7. The van der Waals surface area contributed by atoms with Gasteiger partial charge in [-0.3, -0.25) is 4.79 Å². The van der Waals surface area contributed by atoms with Crippen molar-refractivity contribution in [1.29, 1.82) is 0 Å². The van der Waals surface area contributed by atoms with Gasteiger partial charge in [0.1, 0.15) is 6.61 Å².